The van der Waals surface area contributed by atoms with Crippen molar-refractivity contribution in [3.63, 3.8) is 0 Å². The van der Waals surface area contributed by atoms with E-state index in [2.05, 4.69) is 31.2 Å². The van der Waals surface area contributed by atoms with E-state index in [9.17, 15) is 8.78 Å². The van der Waals surface area contributed by atoms with Gasteiger partial charge in [0.25, 0.3) is 6.43 Å². The molecule has 7 heteroatoms. The Bertz CT molecular complexity index is 311. The van der Waals surface area contributed by atoms with E-state index < -0.39 is 13.0 Å². The van der Waals surface area contributed by atoms with Crippen LogP contribution < -0.4 is 10.1 Å². The minimum atomic E-state index is -2.52. The lowest BCUT2D eigenvalue weighted by molar-refractivity contribution is 0.0791. The Morgan fingerprint density at radius 2 is 2.29 bits per heavy atom. The van der Waals surface area contributed by atoms with Crippen LogP contribution in [0.5, 0.6) is 5.88 Å². The van der Waals surface area contributed by atoms with Gasteiger partial charge in [-0.15, -0.1) is 0 Å². The average Bonchev–Trinajstić information content (AvgIpc) is 2.16. The minimum absolute atomic E-state index is 0.102. The highest BCUT2D eigenvalue weighted by atomic mass is 79.9. The normalized spacial score (nSPS) is 10.4. The van der Waals surface area contributed by atoms with E-state index in [1.54, 1.807) is 7.05 Å². The summed E-state index contributed by atoms with van der Waals surface area (Å²) in [6.07, 6.45) is -1.29. The molecule has 4 nitrogen and oxygen atoms in total. The molecule has 0 bridgehead atoms. The summed E-state index contributed by atoms with van der Waals surface area (Å²) >= 11 is 3.13. The molecule has 0 fully saturated rings. The van der Waals surface area contributed by atoms with Crippen molar-refractivity contribution < 1.29 is 13.5 Å². The Hall–Kier alpha value is -0.980. The number of hydrogen-bond acceptors (Lipinski definition) is 4. The first-order chi connectivity index (χ1) is 6.65. The molecule has 0 aliphatic rings. The van der Waals surface area contributed by atoms with E-state index in [-0.39, 0.29) is 5.88 Å². The molecule has 1 rings (SSSR count). The number of rotatable bonds is 4. The highest BCUT2D eigenvalue weighted by molar-refractivity contribution is 9.10. The van der Waals surface area contributed by atoms with E-state index >= 15 is 0 Å². The Balaban J connectivity index is 2.76. The maximum atomic E-state index is 11.8. The molecule has 0 aliphatic carbocycles. The zero-order valence-corrected chi connectivity index (χ0v) is 8.88. The third-order valence-electron chi connectivity index (χ3n) is 1.34. The summed E-state index contributed by atoms with van der Waals surface area (Å²) in [4.78, 5) is 7.55. The van der Waals surface area contributed by atoms with Gasteiger partial charge in [0.2, 0.25) is 5.88 Å². The second kappa shape index (κ2) is 5.04. The third kappa shape index (κ3) is 2.76. The van der Waals surface area contributed by atoms with Gasteiger partial charge in [-0.1, -0.05) is 0 Å². The van der Waals surface area contributed by atoms with Crippen LogP contribution in [-0.4, -0.2) is 30.0 Å². The molecule has 0 aromatic carbocycles. The fourth-order valence-electron chi connectivity index (χ4n) is 0.771. The first-order valence-electron chi connectivity index (χ1n) is 3.74. The summed E-state index contributed by atoms with van der Waals surface area (Å²) < 4.78 is 28.9. The third-order valence-corrected chi connectivity index (χ3v) is 2.06. The van der Waals surface area contributed by atoms with Crippen LogP contribution in [-0.2, 0) is 0 Å². The SMILES string of the molecule is CNc1ncnc(OCC(F)F)c1Br. The van der Waals surface area contributed by atoms with Crippen molar-refractivity contribution in [2.45, 2.75) is 6.43 Å². The van der Waals surface area contributed by atoms with Gasteiger partial charge in [-0.2, -0.15) is 0 Å². The highest BCUT2D eigenvalue weighted by Gasteiger charge is 2.11. The van der Waals surface area contributed by atoms with Crippen molar-refractivity contribution in [3.05, 3.63) is 10.8 Å². The number of halogens is 3. The molecule has 1 aromatic rings. The second-order valence-corrected chi connectivity index (χ2v) is 3.09. The van der Waals surface area contributed by atoms with Crippen LogP contribution in [0.2, 0.25) is 0 Å². The van der Waals surface area contributed by atoms with Crippen LogP contribution in [0.1, 0.15) is 0 Å². The first kappa shape index (κ1) is 11.1. The number of aromatic nitrogens is 2. The van der Waals surface area contributed by atoms with Crippen LogP contribution in [0.25, 0.3) is 0 Å². The molecule has 0 atom stereocenters. The molecule has 0 saturated carbocycles. The lowest BCUT2D eigenvalue weighted by Crippen LogP contribution is -2.09. The average molecular weight is 268 g/mol. The van der Waals surface area contributed by atoms with Crippen LogP contribution >= 0.6 is 15.9 Å². The zero-order chi connectivity index (χ0) is 10.6. The smallest absolute Gasteiger partial charge is 0.272 e. The Kier molecular flexibility index (Phi) is 3.99. The molecule has 0 unspecified atom stereocenters. The number of ether oxygens (including phenoxy) is 1. The summed E-state index contributed by atoms with van der Waals surface area (Å²) in [6.45, 7) is -0.682. The molecule has 0 amide bonds. The number of anilines is 1. The molecular formula is C7H8BrF2N3O. The molecule has 0 saturated heterocycles. The van der Waals surface area contributed by atoms with E-state index in [1.807, 2.05) is 0 Å². The predicted molar refractivity (Wildman–Crippen MR) is 50.8 cm³/mol. The van der Waals surface area contributed by atoms with E-state index in [4.69, 9.17) is 4.74 Å². The standard InChI is InChI=1S/C7H8BrF2N3O/c1-11-6-5(8)7(13-3-12-6)14-2-4(9)10/h3-4H,2H2,1H3,(H,11,12,13). The van der Waals surface area contributed by atoms with E-state index in [0.717, 1.165) is 0 Å². The molecule has 1 aromatic heterocycles. The minimum Gasteiger partial charge on any atom is -0.471 e. The number of alkyl halides is 2. The molecule has 1 heterocycles. The molecule has 1 N–H and O–H groups in total. The van der Waals surface area contributed by atoms with Crippen molar-refractivity contribution in [3.8, 4) is 5.88 Å². The maximum absolute atomic E-state index is 11.8. The van der Waals surface area contributed by atoms with Crippen molar-refractivity contribution in [1.82, 2.24) is 9.97 Å². The summed E-state index contributed by atoms with van der Waals surface area (Å²) in [7, 11) is 1.66. The van der Waals surface area contributed by atoms with Gasteiger partial charge in [0, 0.05) is 7.05 Å². The largest absolute Gasteiger partial charge is 0.471 e. The van der Waals surface area contributed by atoms with Gasteiger partial charge in [-0.05, 0) is 15.9 Å². The van der Waals surface area contributed by atoms with Crippen molar-refractivity contribution in [1.29, 1.82) is 0 Å². The number of hydrogen-bond donors (Lipinski definition) is 1. The van der Waals surface area contributed by atoms with Crippen LogP contribution in [0.4, 0.5) is 14.6 Å². The maximum Gasteiger partial charge on any atom is 0.272 e. The number of nitrogens with zero attached hydrogens (tertiary/aromatic N) is 2. The Morgan fingerprint density at radius 1 is 1.57 bits per heavy atom. The monoisotopic (exact) mass is 267 g/mol. The molecule has 14 heavy (non-hydrogen) atoms. The predicted octanol–water partition coefficient (Wildman–Crippen LogP) is 1.92. The van der Waals surface area contributed by atoms with Crippen LogP contribution in [0.3, 0.4) is 0 Å². The quantitative estimate of drug-likeness (QED) is 0.906. The molecule has 78 valence electrons. The van der Waals surface area contributed by atoms with Crippen molar-refractivity contribution in [2.24, 2.45) is 0 Å². The van der Waals surface area contributed by atoms with Gasteiger partial charge in [0.15, 0.2) is 6.61 Å². The molecule has 0 aliphatic heterocycles. The molecule has 0 radical (unpaired) electrons. The Labute approximate surface area is 87.8 Å². The van der Waals surface area contributed by atoms with E-state index in [0.29, 0.717) is 10.3 Å². The Morgan fingerprint density at radius 3 is 2.86 bits per heavy atom. The van der Waals surface area contributed by atoms with Crippen LogP contribution in [0, 0.1) is 0 Å². The van der Waals surface area contributed by atoms with Crippen molar-refractivity contribution in [2.75, 3.05) is 19.0 Å². The fraction of sp³-hybridized carbons (Fsp3) is 0.429. The molecular weight excluding hydrogens is 260 g/mol. The highest BCUT2D eigenvalue weighted by Crippen LogP contribution is 2.27. The van der Waals surface area contributed by atoms with Gasteiger partial charge in [0.05, 0.1) is 0 Å². The van der Waals surface area contributed by atoms with Gasteiger partial charge < -0.3 is 10.1 Å². The summed E-state index contributed by atoms with van der Waals surface area (Å²) in [6, 6.07) is 0. The zero-order valence-electron chi connectivity index (χ0n) is 7.30. The summed E-state index contributed by atoms with van der Waals surface area (Å²) in [5, 5.41) is 2.76. The summed E-state index contributed by atoms with van der Waals surface area (Å²) in [5.41, 5.74) is 0. The fourth-order valence-corrected chi connectivity index (χ4v) is 1.29. The summed E-state index contributed by atoms with van der Waals surface area (Å²) in [5.74, 6) is 0.592. The van der Waals surface area contributed by atoms with Gasteiger partial charge >= 0.3 is 0 Å². The molecule has 0 spiro atoms. The lowest BCUT2D eigenvalue weighted by Gasteiger charge is -2.08. The first-order valence-corrected chi connectivity index (χ1v) is 4.53. The van der Waals surface area contributed by atoms with Crippen molar-refractivity contribution >= 4 is 21.7 Å². The lowest BCUT2D eigenvalue weighted by atomic mass is 10.5. The number of nitrogens with one attached hydrogen (secondary N) is 1. The van der Waals surface area contributed by atoms with Crippen LogP contribution in [0.15, 0.2) is 10.8 Å². The van der Waals surface area contributed by atoms with Gasteiger partial charge in [0.1, 0.15) is 16.6 Å². The van der Waals surface area contributed by atoms with E-state index in [1.165, 1.54) is 6.33 Å². The second-order valence-electron chi connectivity index (χ2n) is 2.29. The van der Waals surface area contributed by atoms with Gasteiger partial charge in [-0.25, -0.2) is 18.7 Å². The topological polar surface area (TPSA) is 47.0 Å². The van der Waals surface area contributed by atoms with Gasteiger partial charge in [-0.3, -0.25) is 0 Å².